The molecule has 78 valence electrons. The molecule has 0 saturated carbocycles. The maximum Gasteiger partial charge on any atom is 0.271 e. The molecule has 1 aromatic heterocycles. The molecule has 0 aliphatic heterocycles. The third kappa shape index (κ3) is 2.07. The van der Waals surface area contributed by atoms with Gasteiger partial charge in [0.05, 0.1) is 11.8 Å². The number of nitrogens with zero attached hydrogens (tertiary/aromatic N) is 2. The molecule has 0 radical (unpaired) electrons. The largest absolute Gasteiger partial charge is 0.274 e. The van der Waals surface area contributed by atoms with Crippen molar-refractivity contribution in [2.45, 2.75) is 6.43 Å². The molecule has 0 N–H and O–H groups in total. The van der Waals surface area contributed by atoms with Crippen molar-refractivity contribution in [3.05, 3.63) is 28.8 Å². The Balaban J connectivity index is 3.58. The first kappa shape index (κ1) is 11.5. The maximum absolute atomic E-state index is 12.9. The van der Waals surface area contributed by atoms with Gasteiger partial charge in [0.25, 0.3) is 11.7 Å². The van der Waals surface area contributed by atoms with Gasteiger partial charge in [0.1, 0.15) is 17.3 Å². The molecule has 0 aliphatic carbocycles. The fourth-order valence-corrected chi connectivity index (χ4v) is 1.14. The number of alkyl halides is 2. The zero-order valence-corrected chi connectivity index (χ0v) is 7.73. The average Bonchev–Trinajstić information content (AvgIpc) is 2.16. The first-order chi connectivity index (χ1) is 6.99. The lowest BCUT2D eigenvalue weighted by Crippen LogP contribution is -2.07. The number of nitriles is 1. The van der Waals surface area contributed by atoms with Crippen molar-refractivity contribution in [1.82, 2.24) is 4.98 Å². The molecular formula is C8H2ClF3N2O. The molecule has 0 bridgehead atoms. The summed E-state index contributed by atoms with van der Waals surface area (Å²) in [5, 5.41) is 7.19. The van der Waals surface area contributed by atoms with Crippen LogP contribution in [0.15, 0.2) is 6.20 Å². The Labute approximate surface area is 87.1 Å². The number of hydrogen-bond acceptors (Lipinski definition) is 3. The van der Waals surface area contributed by atoms with Crippen molar-refractivity contribution in [2.24, 2.45) is 0 Å². The summed E-state index contributed by atoms with van der Waals surface area (Å²) in [7, 11) is 0. The van der Waals surface area contributed by atoms with E-state index in [1.165, 1.54) is 6.07 Å². The standard InChI is InChI=1S/C8H2ClF3N2O/c9-7(15)6-5(8(11)12)3(1-13)4(10)2-14-6/h2,8H. The van der Waals surface area contributed by atoms with Crippen LogP contribution in [0.4, 0.5) is 13.2 Å². The summed E-state index contributed by atoms with van der Waals surface area (Å²) >= 11 is 4.97. The van der Waals surface area contributed by atoms with Crippen LogP contribution in [-0.2, 0) is 0 Å². The molecule has 1 rings (SSSR count). The van der Waals surface area contributed by atoms with Crippen LogP contribution < -0.4 is 0 Å². The smallest absolute Gasteiger partial charge is 0.271 e. The highest BCUT2D eigenvalue weighted by Gasteiger charge is 2.25. The Morgan fingerprint density at radius 3 is 2.60 bits per heavy atom. The quantitative estimate of drug-likeness (QED) is 0.739. The number of halogens is 4. The highest BCUT2D eigenvalue weighted by Crippen LogP contribution is 2.27. The van der Waals surface area contributed by atoms with E-state index in [2.05, 4.69) is 4.98 Å². The third-order valence-corrected chi connectivity index (χ3v) is 1.77. The molecule has 0 aromatic carbocycles. The minimum atomic E-state index is -3.19. The van der Waals surface area contributed by atoms with Gasteiger partial charge in [-0.2, -0.15) is 5.26 Å². The molecule has 0 spiro atoms. The molecule has 1 heterocycles. The van der Waals surface area contributed by atoms with Gasteiger partial charge >= 0.3 is 0 Å². The zero-order chi connectivity index (χ0) is 11.6. The van der Waals surface area contributed by atoms with E-state index in [1.807, 2.05) is 0 Å². The Kier molecular flexibility index (Phi) is 3.27. The molecule has 0 aliphatic rings. The Morgan fingerprint density at radius 1 is 1.60 bits per heavy atom. The van der Waals surface area contributed by atoms with Gasteiger partial charge in [-0.3, -0.25) is 4.79 Å². The van der Waals surface area contributed by atoms with Crippen LogP contribution in [0, 0.1) is 17.1 Å². The summed E-state index contributed by atoms with van der Waals surface area (Å²) in [5.74, 6) is -1.21. The van der Waals surface area contributed by atoms with Crippen LogP contribution in [0.1, 0.15) is 28.0 Å². The summed E-state index contributed by atoms with van der Waals surface area (Å²) in [4.78, 5) is 13.8. The Morgan fingerprint density at radius 2 is 2.20 bits per heavy atom. The topological polar surface area (TPSA) is 53.8 Å². The first-order valence-electron chi connectivity index (χ1n) is 3.55. The second-order valence-electron chi connectivity index (χ2n) is 2.43. The summed E-state index contributed by atoms with van der Waals surface area (Å²) in [6.45, 7) is 0. The number of hydrogen-bond donors (Lipinski definition) is 0. The zero-order valence-electron chi connectivity index (χ0n) is 6.97. The fourth-order valence-electron chi connectivity index (χ4n) is 0.985. The molecular weight excluding hydrogens is 233 g/mol. The molecule has 1 aromatic rings. The third-order valence-electron chi connectivity index (χ3n) is 1.59. The molecule has 0 amide bonds. The summed E-state index contributed by atoms with van der Waals surface area (Å²) < 4.78 is 37.8. The Bertz CT molecular complexity index is 456. The Hall–Kier alpha value is -1.61. The lowest BCUT2D eigenvalue weighted by molar-refractivity contribution is 0.106. The van der Waals surface area contributed by atoms with Crippen molar-refractivity contribution >= 4 is 16.8 Å². The molecule has 0 saturated heterocycles. The van der Waals surface area contributed by atoms with Crippen LogP contribution in [0.5, 0.6) is 0 Å². The van der Waals surface area contributed by atoms with E-state index in [9.17, 15) is 18.0 Å². The normalized spacial score (nSPS) is 10.1. The predicted molar refractivity (Wildman–Crippen MR) is 44.1 cm³/mol. The van der Waals surface area contributed by atoms with E-state index in [-0.39, 0.29) is 0 Å². The highest BCUT2D eigenvalue weighted by molar-refractivity contribution is 6.67. The number of aromatic nitrogens is 1. The van der Waals surface area contributed by atoms with Gasteiger partial charge in [-0.1, -0.05) is 0 Å². The first-order valence-corrected chi connectivity index (χ1v) is 3.93. The highest BCUT2D eigenvalue weighted by atomic mass is 35.5. The van der Waals surface area contributed by atoms with Gasteiger partial charge < -0.3 is 0 Å². The molecule has 0 fully saturated rings. The van der Waals surface area contributed by atoms with Crippen LogP contribution in [0.3, 0.4) is 0 Å². The predicted octanol–water partition coefficient (Wildman–Crippen LogP) is 2.41. The van der Waals surface area contributed by atoms with Crippen LogP contribution in [-0.4, -0.2) is 10.2 Å². The molecule has 15 heavy (non-hydrogen) atoms. The van der Waals surface area contributed by atoms with Gasteiger partial charge in [-0.25, -0.2) is 18.2 Å². The summed E-state index contributed by atoms with van der Waals surface area (Å²) in [6, 6.07) is 1.23. The second-order valence-corrected chi connectivity index (χ2v) is 2.77. The van der Waals surface area contributed by atoms with E-state index >= 15 is 0 Å². The number of rotatable bonds is 2. The van der Waals surface area contributed by atoms with Crippen molar-refractivity contribution in [2.75, 3.05) is 0 Å². The van der Waals surface area contributed by atoms with E-state index in [0.717, 1.165) is 0 Å². The monoisotopic (exact) mass is 234 g/mol. The van der Waals surface area contributed by atoms with Crippen LogP contribution in [0.2, 0.25) is 0 Å². The minimum absolute atomic E-state index is 0.500. The average molecular weight is 235 g/mol. The van der Waals surface area contributed by atoms with Gasteiger partial charge in [-0.15, -0.1) is 0 Å². The summed E-state index contributed by atoms with van der Waals surface area (Å²) in [5.41, 5.74) is -2.79. The van der Waals surface area contributed by atoms with Crippen molar-refractivity contribution in [1.29, 1.82) is 5.26 Å². The van der Waals surface area contributed by atoms with Crippen LogP contribution in [0.25, 0.3) is 0 Å². The van der Waals surface area contributed by atoms with Crippen molar-refractivity contribution in [3.8, 4) is 6.07 Å². The van der Waals surface area contributed by atoms with Crippen molar-refractivity contribution < 1.29 is 18.0 Å². The van der Waals surface area contributed by atoms with Gasteiger partial charge in [0.2, 0.25) is 0 Å². The molecule has 3 nitrogen and oxygen atoms in total. The van der Waals surface area contributed by atoms with E-state index in [0.29, 0.717) is 6.20 Å². The number of carbonyl (C=O) groups is 1. The minimum Gasteiger partial charge on any atom is -0.274 e. The molecule has 0 atom stereocenters. The van der Waals surface area contributed by atoms with Crippen LogP contribution >= 0.6 is 11.6 Å². The van der Waals surface area contributed by atoms with E-state index in [1.54, 1.807) is 0 Å². The molecule has 7 heteroatoms. The fraction of sp³-hybridized carbons (Fsp3) is 0.125. The summed E-state index contributed by atoms with van der Waals surface area (Å²) in [6.07, 6.45) is -2.69. The van der Waals surface area contributed by atoms with E-state index < -0.39 is 34.3 Å². The maximum atomic E-state index is 12.9. The SMILES string of the molecule is N#Cc1c(F)cnc(C(=O)Cl)c1C(F)F. The number of carbonyl (C=O) groups excluding carboxylic acids is 1. The lowest BCUT2D eigenvalue weighted by atomic mass is 10.1. The van der Waals surface area contributed by atoms with Gasteiger partial charge in [0.15, 0.2) is 5.82 Å². The second kappa shape index (κ2) is 4.28. The lowest BCUT2D eigenvalue weighted by Gasteiger charge is -2.06. The van der Waals surface area contributed by atoms with Crippen molar-refractivity contribution in [3.63, 3.8) is 0 Å². The molecule has 0 unspecified atom stereocenters. The van der Waals surface area contributed by atoms with Gasteiger partial charge in [0, 0.05) is 0 Å². The number of pyridine rings is 1. The van der Waals surface area contributed by atoms with E-state index in [4.69, 9.17) is 16.9 Å². The van der Waals surface area contributed by atoms with Gasteiger partial charge in [-0.05, 0) is 11.6 Å².